The fourth-order valence-electron chi connectivity index (χ4n) is 1.81. The van der Waals surface area contributed by atoms with Crippen molar-refractivity contribution in [3.05, 3.63) is 35.4 Å². The molecular weight excluding hydrogens is 238 g/mol. The summed E-state index contributed by atoms with van der Waals surface area (Å²) in [5, 5.41) is 11.1. The number of carbonyl (C=O) groups is 1. The minimum Gasteiger partial charge on any atom is -0.354 e. The minimum atomic E-state index is -0.0390. The SMILES string of the molecule is CCc1ccc(CN(C)CC(=O)NCCC#N)cc1. The van der Waals surface area contributed by atoms with E-state index in [0.717, 1.165) is 13.0 Å². The predicted octanol–water partition coefficient (Wildman–Crippen LogP) is 1.71. The Kier molecular flexibility index (Phi) is 6.62. The molecule has 4 heteroatoms. The number of nitrogens with one attached hydrogen (secondary N) is 1. The maximum absolute atomic E-state index is 11.6. The number of nitriles is 1. The van der Waals surface area contributed by atoms with Crippen molar-refractivity contribution in [1.82, 2.24) is 10.2 Å². The molecule has 0 bridgehead atoms. The van der Waals surface area contributed by atoms with Crippen LogP contribution in [0.15, 0.2) is 24.3 Å². The predicted molar refractivity (Wildman–Crippen MR) is 75.4 cm³/mol. The molecule has 0 spiro atoms. The quantitative estimate of drug-likeness (QED) is 0.758. The zero-order chi connectivity index (χ0) is 14.1. The van der Waals surface area contributed by atoms with Crippen LogP contribution in [0, 0.1) is 11.3 Å². The van der Waals surface area contributed by atoms with Crippen LogP contribution in [0.4, 0.5) is 0 Å². The van der Waals surface area contributed by atoms with Gasteiger partial charge in [-0.15, -0.1) is 0 Å². The van der Waals surface area contributed by atoms with Gasteiger partial charge in [0.2, 0.25) is 5.91 Å². The van der Waals surface area contributed by atoms with Crippen LogP contribution in [0.1, 0.15) is 24.5 Å². The Morgan fingerprint density at radius 2 is 1.95 bits per heavy atom. The molecule has 1 aromatic carbocycles. The van der Waals surface area contributed by atoms with Crippen molar-refractivity contribution in [3.8, 4) is 6.07 Å². The van der Waals surface area contributed by atoms with E-state index < -0.39 is 0 Å². The van der Waals surface area contributed by atoms with Crippen LogP contribution in [0.5, 0.6) is 0 Å². The molecule has 0 aliphatic rings. The van der Waals surface area contributed by atoms with Gasteiger partial charge in [0.05, 0.1) is 19.0 Å². The van der Waals surface area contributed by atoms with Gasteiger partial charge in [0, 0.05) is 13.1 Å². The molecule has 1 aromatic rings. The zero-order valence-corrected chi connectivity index (χ0v) is 11.6. The fraction of sp³-hybridized carbons (Fsp3) is 0.467. The third-order valence-electron chi connectivity index (χ3n) is 2.86. The molecule has 4 nitrogen and oxygen atoms in total. The van der Waals surface area contributed by atoms with Crippen LogP contribution in [0.25, 0.3) is 0 Å². The van der Waals surface area contributed by atoms with Crippen LogP contribution in [-0.4, -0.2) is 30.9 Å². The van der Waals surface area contributed by atoms with Crippen LogP contribution >= 0.6 is 0 Å². The molecule has 0 saturated carbocycles. The van der Waals surface area contributed by atoms with Crippen molar-refractivity contribution in [1.29, 1.82) is 5.26 Å². The molecule has 0 heterocycles. The lowest BCUT2D eigenvalue weighted by atomic mass is 10.1. The Morgan fingerprint density at radius 3 is 2.53 bits per heavy atom. The van der Waals surface area contributed by atoms with Crippen molar-refractivity contribution in [2.45, 2.75) is 26.3 Å². The lowest BCUT2D eigenvalue weighted by molar-refractivity contribution is -0.122. The normalized spacial score (nSPS) is 10.2. The molecular formula is C15H21N3O. The second-order valence-electron chi connectivity index (χ2n) is 4.60. The summed E-state index contributed by atoms with van der Waals surface area (Å²) < 4.78 is 0. The van der Waals surface area contributed by atoms with Gasteiger partial charge in [0.1, 0.15) is 0 Å². The van der Waals surface area contributed by atoms with Gasteiger partial charge in [-0.1, -0.05) is 31.2 Å². The molecule has 0 aromatic heterocycles. The summed E-state index contributed by atoms with van der Waals surface area (Å²) in [4.78, 5) is 13.5. The molecule has 0 aliphatic heterocycles. The number of amides is 1. The van der Waals surface area contributed by atoms with E-state index in [1.807, 2.05) is 18.0 Å². The Labute approximate surface area is 115 Å². The van der Waals surface area contributed by atoms with Crippen molar-refractivity contribution in [2.75, 3.05) is 20.1 Å². The van der Waals surface area contributed by atoms with E-state index in [9.17, 15) is 4.79 Å². The van der Waals surface area contributed by atoms with Gasteiger partial charge in [-0.05, 0) is 24.6 Å². The smallest absolute Gasteiger partial charge is 0.234 e. The fourth-order valence-corrected chi connectivity index (χ4v) is 1.81. The highest BCUT2D eigenvalue weighted by molar-refractivity contribution is 5.77. The molecule has 0 aliphatic carbocycles. The minimum absolute atomic E-state index is 0.0390. The molecule has 102 valence electrons. The summed E-state index contributed by atoms with van der Waals surface area (Å²) in [5.41, 5.74) is 2.52. The Balaban J connectivity index is 2.35. The summed E-state index contributed by atoms with van der Waals surface area (Å²) >= 11 is 0. The summed E-state index contributed by atoms with van der Waals surface area (Å²) in [6.45, 7) is 3.65. The molecule has 0 radical (unpaired) electrons. The molecule has 1 rings (SSSR count). The third-order valence-corrected chi connectivity index (χ3v) is 2.86. The van der Waals surface area contributed by atoms with Crippen molar-refractivity contribution in [2.24, 2.45) is 0 Å². The highest BCUT2D eigenvalue weighted by Crippen LogP contribution is 2.07. The summed E-state index contributed by atoms with van der Waals surface area (Å²) in [7, 11) is 1.91. The number of benzene rings is 1. The second-order valence-corrected chi connectivity index (χ2v) is 4.60. The van der Waals surface area contributed by atoms with Gasteiger partial charge in [0.15, 0.2) is 0 Å². The molecule has 1 amide bonds. The van der Waals surface area contributed by atoms with E-state index in [4.69, 9.17) is 5.26 Å². The first kappa shape index (κ1) is 15.2. The lowest BCUT2D eigenvalue weighted by Gasteiger charge is -2.16. The molecule has 0 unspecified atom stereocenters. The number of aryl methyl sites for hydroxylation is 1. The summed E-state index contributed by atoms with van der Waals surface area (Å²) in [6, 6.07) is 10.4. The molecule has 19 heavy (non-hydrogen) atoms. The Morgan fingerprint density at radius 1 is 1.32 bits per heavy atom. The summed E-state index contributed by atoms with van der Waals surface area (Å²) in [5.74, 6) is -0.0390. The number of rotatable bonds is 7. The highest BCUT2D eigenvalue weighted by atomic mass is 16.2. The van der Waals surface area contributed by atoms with Gasteiger partial charge in [-0.25, -0.2) is 0 Å². The summed E-state index contributed by atoms with van der Waals surface area (Å²) in [6.07, 6.45) is 1.39. The standard InChI is InChI=1S/C15H21N3O/c1-3-13-5-7-14(8-6-13)11-18(2)12-15(19)17-10-4-9-16/h5-8H,3-4,10-12H2,1-2H3,(H,17,19). The Hall–Kier alpha value is -1.86. The average molecular weight is 259 g/mol. The number of carbonyl (C=O) groups excluding carboxylic acids is 1. The van der Waals surface area contributed by atoms with Crippen molar-refractivity contribution < 1.29 is 4.79 Å². The van der Waals surface area contributed by atoms with Crippen LogP contribution < -0.4 is 5.32 Å². The molecule has 0 atom stereocenters. The zero-order valence-electron chi connectivity index (χ0n) is 11.6. The van der Waals surface area contributed by atoms with Gasteiger partial charge in [-0.3, -0.25) is 9.69 Å². The van der Waals surface area contributed by atoms with Crippen LogP contribution in [0.2, 0.25) is 0 Å². The topological polar surface area (TPSA) is 56.1 Å². The largest absolute Gasteiger partial charge is 0.354 e. The number of hydrogen-bond acceptors (Lipinski definition) is 3. The number of likely N-dealkylation sites (N-methyl/N-ethyl adjacent to an activating group) is 1. The number of nitrogens with zero attached hydrogens (tertiary/aromatic N) is 2. The first-order chi connectivity index (χ1) is 9.15. The highest BCUT2D eigenvalue weighted by Gasteiger charge is 2.06. The van der Waals surface area contributed by atoms with Gasteiger partial charge in [0.25, 0.3) is 0 Å². The van der Waals surface area contributed by atoms with Crippen LogP contribution in [0.3, 0.4) is 0 Å². The van der Waals surface area contributed by atoms with Gasteiger partial charge < -0.3 is 5.32 Å². The Bertz CT molecular complexity index is 434. The lowest BCUT2D eigenvalue weighted by Crippen LogP contribution is -2.35. The molecule has 0 fully saturated rings. The first-order valence-corrected chi connectivity index (χ1v) is 6.55. The maximum atomic E-state index is 11.6. The van der Waals surface area contributed by atoms with Crippen molar-refractivity contribution >= 4 is 5.91 Å². The average Bonchev–Trinajstić information content (AvgIpc) is 2.39. The van der Waals surface area contributed by atoms with E-state index in [1.165, 1.54) is 11.1 Å². The first-order valence-electron chi connectivity index (χ1n) is 6.55. The second kappa shape index (κ2) is 8.28. The molecule has 1 N–H and O–H groups in total. The molecule has 0 saturated heterocycles. The van der Waals surface area contributed by atoms with E-state index in [1.54, 1.807) is 0 Å². The van der Waals surface area contributed by atoms with Gasteiger partial charge >= 0.3 is 0 Å². The van der Waals surface area contributed by atoms with E-state index in [2.05, 4.69) is 36.5 Å². The number of hydrogen-bond donors (Lipinski definition) is 1. The van der Waals surface area contributed by atoms with E-state index in [-0.39, 0.29) is 5.91 Å². The van der Waals surface area contributed by atoms with Gasteiger partial charge in [-0.2, -0.15) is 5.26 Å². The van der Waals surface area contributed by atoms with E-state index >= 15 is 0 Å². The monoisotopic (exact) mass is 259 g/mol. The van der Waals surface area contributed by atoms with Crippen LogP contribution in [-0.2, 0) is 17.8 Å². The van der Waals surface area contributed by atoms with E-state index in [0.29, 0.717) is 19.5 Å². The van der Waals surface area contributed by atoms with Crippen molar-refractivity contribution in [3.63, 3.8) is 0 Å². The third kappa shape index (κ3) is 6.03. The maximum Gasteiger partial charge on any atom is 0.234 e.